The molecule has 2 atom stereocenters. The van der Waals surface area contributed by atoms with Crippen LogP contribution in [0, 0.1) is 17.8 Å². The fourth-order valence-electron chi connectivity index (χ4n) is 4.33. The molecule has 0 aromatic heterocycles. The summed E-state index contributed by atoms with van der Waals surface area (Å²) in [5.74, 6) is -0.425. The van der Waals surface area contributed by atoms with Gasteiger partial charge in [-0.05, 0) is 42.6 Å². The minimum Gasteiger partial charge on any atom is -0.296 e. The first kappa shape index (κ1) is 14.3. The van der Waals surface area contributed by atoms with E-state index in [1.54, 1.807) is 0 Å². The summed E-state index contributed by atoms with van der Waals surface area (Å²) < 4.78 is 0. The number of carbonyl (C=O) groups is 2. The SMILES string of the molecule is Cc1ccc(C2C(=O)NC(=O)CC23CCC(C)(C)C3)cc1. The van der Waals surface area contributed by atoms with Crippen LogP contribution in [0.1, 0.15) is 56.6 Å². The first-order chi connectivity index (χ1) is 9.81. The number of carbonyl (C=O) groups excluding carboxylic acids is 2. The van der Waals surface area contributed by atoms with Crippen LogP contribution >= 0.6 is 0 Å². The van der Waals surface area contributed by atoms with Gasteiger partial charge in [-0.3, -0.25) is 14.9 Å². The van der Waals surface area contributed by atoms with Gasteiger partial charge >= 0.3 is 0 Å². The smallest absolute Gasteiger partial charge is 0.234 e. The minimum atomic E-state index is -0.197. The van der Waals surface area contributed by atoms with Crippen molar-refractivity contribution < 1.29 is 9.59 Å². The first-order valence-electron chi connectivity index (χ1n) is 7.72. The Hall–Kier alpha value is -1.64. The predicted molar refractivity (Wildman–Crippen MR) is 81.8 cm³/mol. The Morgan fingerprint density at radius 1 is 1.10 bits per heavy atom. The molecule has 2 unspecified atom stereocenters. The van der Waals surface area contributed by atoms with Gasteiger partial charge in [0, 0.05) is 6.42 Å². The Balaban J connectivity index is 2.03. The molecule has 1 spiro atoms. The van der Waals surface area contributed by atoms with Gasteiger partial charge in [-0.1, -0.05) is 43.7 Å². The van der Waals surface area contributed by atoms with Crippen LogP contribution in [-0.2, 0) is 9.59 Å². The van der Waals surface area contributed by atoms with Crippen LogP contribution in [0.5, 0.6) is 0 Å². The van der Waals surface area contributed by atoms with Crippen LogP contribution in [0.15, 0.2) is 24.3 Å². The van der Waals surface area contributed by atoms with Crippen LogP contribution in [0.2, 0.25) is 0 Å². The Labute approximate surface area is 126 Å². The van der Waals surface area contributed by atoms with Gasteiger partial charge in [-0.2, -0.15) is 0 Å². The van der Waals surface area contributed by atoms with Crippen molar-refractivity contribution in [3.05, 3.63) is 35.4 Å². The highest BCUT2D eigenvalue weighted by molar-refractivity contribution is 6.02. The summed E-state index contributed by atoms with van der Waals surface area (Å²) in [6, 6.07) is 8.19. The zero-order valence-electron chi connectivity index (χ0n) is 13.0. The summed E-state index contributed by atoms with van der Waals surface area (Å²) in [5, 5.41) is 2.54. The van der Waals surface area contributed by atoms with Crippen LogP contribution in [-0.4, -0.2) is 11.8 Å². The first-order valence-corrected chi connectivity index (χ1v) is 7.72. The summed E-state index contributed by atoms with van der Waals surface area (Å²) in [5.41, 5.74) is 2.24. The number of hydrogen-bond acceptors (Lipinski definition) is 2. The number of hydrogen-bond donors (Lipinski definition) is 1. The lowest BCUT2D eigenvalue weighted by Gasteiger charge is -2.41. The summed E-state index contributed by atoms with van der Waals surface area (Å²) in [6.07, 6.45) is 3.45. The lowest BCUT2D eigenvalue weighted by molar-refractivity contribution is -0.140. The van der Waals surface area contributed by atoms with Crippen LogP contribution in [0.3, 0.4) is 0 Å². The molecule has 1 saturated heterocycles. The van der Waals surface area contributed by atoms with Crippen LogP contribution < -0.4 is 5.32 Å². The Kier molecular flexibility index (Phi) is 3.19. The lowest BCUT2D eigenvalue weighted by atomic mass is 9.65. The second-order valence-corrected chi connectivity index (χ2v) is 7.64. The normalized spacial score (nSPS) is 31.5. The molecule has 2 fully saturated rings. The van der Waals surface area contributed by atoms with Crippen molar-refractivity contribution >= 4 is 11.8 Å². The molecule has 0 radical (unpaired) electrons. The van der Waals surface area contributed by atoms with Gasteiger partial charge in [-0.15, -0.1) is 0 Å². The zero-order valence-corrected chi connectivity index (χ0v) is 13.0. The quantitative estimate of drug-likeness (QED) is 0.805. The molecule has 1 aromatic rings. The van der Waals surface area contributed by atoms with Crippen molar-refractivity contribution in [2.24, 2.45) is 10.8 Å². The van der Waals surface area contributed by atoms with Crippen molar-refractivity contribution in [1.82, 2.24) is 5.32 Å². The third-order valence-corrected chi connectivity index (χ3v) is 5.19. The summed E-state index contributed by atoms with van der Waals surface area (Å²) in [4.78, 5) is 24.5. The maximum atomic E-state index is 12.5. The van der Waals surface area contributed by atoms with Crippen LogP contribution in [0.4, 0.5) is 0 Å². The molecular weight excluding hydrogens is 262 g/mol. The molecule has 3 nitrogen and oxygen atoms in total. The number of piperidine rings is 1. The van der Waals surface area contributed by atoms with Crippen molar-refractivity contribution in [2.75, 3.05) is 0 Å². The van der Waals surface area contributed by atoms with Gasteiger partial charge in [0.1, 0.15) is 0 Å². The van der Waals surface area contributed by atoms with E-state index in [0.29, 0.717) is 6.42 Å². The predicted octanol–water partition coefficient (Wildman–Crippen LogP) is 3.32. The van der Waals surface area contributed by atoms with Crippen LogP contribution in [0.25, 0.3) is 0 Å². The highest BCUT2D eigenvalue weighted by atomic mass is 16.2. The van der Waals surface area contributed by atoms with Gasteiger partial charge < -0.3 is 0 Å². The maximum absolute atomic E-state index is 12.5. The molecule has 1 N–H and O–H groups in total. The molecule has 3 heteroatoms. The Morgan fingerprint density at radius 3 is 2.33 bits per heavy atom. The second-order valence-electron chi connectivity index (χ2n) is 7.64. The van der Waals surface area contributed by atoms with Crippen molar-refractivity contribution in [2.45, 2.75) is 52.4 Å². The Bertz CT molecular complexity index is 588. The third kappa shape index (κ3) is 2.50. The summed E-state index contributed by atoms with van der Waals surface area (Å²) >= 11 is 0. The van der Waals surface area contributed by atoms with Gasteiger partial charge in [-0.25, -0.2) is 0 Å². The number of aryl methyl sites for hydroxylation is 1. The highest BCUT2D eigenvalue weighted by Gasteiger charge is 2.54. The van der Waals surface area contributed by atoms with Gasteiger partial charge in [0.2, 0.25) is 11.8 Å². The molecule has 0 bridgehead atoms. The zero-order chi connectivity index (χ0) is 15.3. The van der Waals surface area contributed by atoms with E-state index in [0.717, 1.165) is 24.8 Å². The van der Waals surface area contributed by atoms with Crippen molar-refractivity contribution in [1.29, 1.82) is 0 Å². The minimum absolute atomic E-state index is 0.110. The molecule has 2 aliphatic rings. The second kappa shape index (κ2) is 4.69. The Morgan fingerprint density at radius 2 is 1.76 bits per heavy atom. The molecule has 112 valence electrons. The average molecular weight is 285 g/mol. The standard InChI is InChI=1S/C18H23NO2/c1-12-4-6-13(7-5-12)15-16(21)19-14(20)10-18(15)9-8-17(2,3)11-18/h4-7,15H,8-11H2,1-3H3,(H,19,20,21). The van der Waals surface area contributed by atoms with E-state index in [2.05, 4.69) is 19.2 Å². The van der Waals surface area contributed by atoms with Gasteiger partial charge in [0.05, 0.1) is 5.92 Å². The van der Waals surface area contributed by atoms with E-state index in [1.807, 2.05) is 31.2 Å². The molecule has 3 rings (SSSR count). The summed E-state index contributed by atoms with van der Waals surface area (Å²) in [6.45, 7) is 6.53. The van der Waals surface area contributed by atoms with E-state index in [-0.39, 0.29) is 28.6 Å². The topological polar surface area (TPSA) is 46.2 Å². The fourth-order valence-corrected chi connectivity index (χ4v) is 4.33. The number of amides is 2. The number of imide groups is 1. The molecular formula is C18H23NO2. The molecule has 1 heterocycles. The van der Waals surface area contributed by atoms with E-state index >= 15 is 0 Å². The summed E-state index contributed by atoms with van der Waals surface area (Å²) in [7, 11) is 0. The largest absolute Gasteiger partial charge is 0.296 e. The van der Waals surface area contributed by atoms with E-state index in [1.165, 1.54) is 5.56 Å². The van der Waals surface area contributed by atoms with Crippen molar-refractivity contribution in [3.8, 4) is 0 Å². The molecule has 1 aliphatic carbocycles. The average Bonchev–Trinajstić information content (AvgIpc) is 2.66. The molecule has 1 saturated carbocycles. The molecule has 21 heavy (non-hydrogen) atoms. The number of benzene rings is 1. The fraction of sp³-hybridized carbons (Fsp3) is 0.556. The van der Waals surface area contributed by atoms with Gasteiger partial charge in [0.15, 0.2) is 0 Å². The van der Waals surface area contributed by atoms with E-state index < -0.39 is 0 Å². The van der Waals surface area contributed by atoms with Gasteiger partial charge in [0.25, 0.3) is 0 Å². The number of nitrogens with one attached hydrogen (secondary N) is 1. The highest BCUT2D eigenvalue weighted by Crippen LogP contribution is 2.58. The number of rotatable bonds is 1. The lowest BCUT2D eigenvalue weighted by Crippen LogP contribution is -2.50. The maximum Gasteiger partial charge on any atom is 0.234 e. The third-order valence-electron chi connectivity index (χ3n) is 5.19. The van der Waals surface area contributed by atoms with E-state index in [9.17, 15) is 9.59 Å². The molecule has 1 aromatic carbocycles. The molecule has 1 aliphatic heterocycles. The van der Waals surface area contributed by atoms with Crippen molar-refractivity contribution in [3.63, 3.8) is 0 Å². The molecule has 2 amide bonds. The monoisotopic (exact) mass is 285 g/mol. The van der Waals surface area contributed by atoms with E-state index in [4.69, 9.17) is 0 Å².